The highest BCUT2D eigenvalue weighted by atomic mass is 79.9. The fourth-order valence-corrected chi connectivity index (χ4v) is 5.35. The van der Waals surface area contributed by atoms with Gasteiger partial charge in [0.1, 0.15) is 11.2 Å². The van der Waals surface area contributed by atoms with Crippen LogP contribution in [0.3, 0.4) is 0 Å². The van der Waals surface area contributed by atoms with Gasteiger partial charge >= 0.3 is 0 Å². The minimum atomic E-state index is -0.714. The second-order valence-electron chi connectivity index (χ2n) is 7.50. The summed E-state index contributed by atoms with van der Waals surface area (Å²) in [7, 11) is 1.87. The van der Waals surface area contributed by atoms with Crippen molar-refractivity contribution < 1.29 is 4.79 Å². The molecule has 3 heterocycles. The zero-order valence-corrected chi connectivity index (χ0v) is 22.7. The molecule has 0 saturated heterocycles. The van der Waals surface area contributed by atoms with Gasteiger partial charge < -0.3 is 4.90 Å². The van der Waals surface area contributed by atoms with Crippen LogP contribution in [0, 0.1) is 0 Å². The smallest absolute Gasteiger partial charge is 0.273 e. The van der Waals surface area contributed by atoms with Crippen molar-refractivity contribution in [1.82, 2.24) is 14.7 Å². The molecule has 5 nitrogen and oxygen atoms in total. The van der Waals surface area contributed by atoms with Crippen molar-refractivity contribution in [2.24, 2.45) is 4.99 Å². The molecule has 2 aromatic heterocycles. The number of amidine groups is 1. The molecule has 1 aliphatic heterocycles. The molecule has 0 spiro atoms. The molecule has 32 heavy (non-hydrogen) atoms. The lowest BCUT2D eigenvalue weighted by molar-refractivity contribution is -0.123. The quantitative estimate of drug-likeness (QED) is 0.340. The summed E-state index contributed by atoms with van der Waals surface area (Å²) in [6, 6.07) is 9.39. The monoisotopic (exact) mass is 554 g/mol. The van der Waals surface area contributed by atoms with E-state index in [-0.39, 0.29) is 5.91 Å². The van der Waals surface area contributed by atoms with Gasteiger partial charge in [-0.2, -0.15) is 10.1 Å². The molecule has 0 N–H and O–H groups in total. The molecule has 0 bridgehead atoms. The lowest BCUT2D eigenvalue weighted by Gasteiger charge is -2.27. The molecule has 1 aromatic carbocycles. The topological polar surface area (TPSA) is 50.5 Å². The number of amides is 1. The first kappa shape index (κ1) is 25.0. The van der Waals surface area contributed by atoms with Crippen molar-refractivity contribution in [3.8, 4) is 16.3 Å². The number of hydrogen-bond acceptors (Lipinski definition) is 4. The molecule has 1 amide bonds. The van der Waals surface area contributed by atoms with Gasteiger partial charge in [0.15, 0.2) is 5.84 Å². The van der Waals surface area contributed by atoms with E-state index >= 15 is 0 Å². The van der Waals surface area contributed by atoms with Crippen LogP contribution in [-0.4, -0.2) is 39.0 Å². The van der Waals surface area contributed by atoms with E-state index in [4.69, 9.17) is 28.3 Å². The van der Waals surface area contributed by atoms with Gasteiger partial charge in [0.25, 0.3) is 5.91 Å². The van der Waals surface area contributed by atoms with E-state index in [0.29, 0.717) is 33.7 Å². The predicted octanol–water partition coefficient (Wildman–Crippen LogP) is 7.26. The van der Waals surface area contributed by atoms with Gasteiger partial charge in [0, 0.05) is 17.6 Å². The molecule has 0 unspecified atom stereocenters. The summed E-state index contributed by atoms with van der Waals surface area (Å²) in [4.78, 5) is 19.8. The molecule has 4 rings (SSSR count). The minimum Gasteiger partial charge on any atom is -0.343 e. The van der Waals surface area contributed by atoms with Gasteiger partial charge in [-0.25, -0.2) is 4.68 Å². The third kappa shape index (κ3) is 4.28. The van der Waals surface area contributed by atoms with Crippen LogP contribution in [0.15, 0.2) is 39.1 Å². The maximum absolute atomic E-state index is 12.5. The number of nitrogens with zero attached hydrogens (tertiary/aromatic N) is 4. The molecule has 3 aromatic rings. The Balaban J connectivity index is 0.00000141. The normalized spacial score (nSPS) is 15.0. The number of aromatic nitrogens is 2. The Kier molecular flexibility index (Phi) is 7.55. The Morgan fingerprint density at radius 3 is 2.34 bits per heavy atom. The second-order valence-corrected chi connectivity index (χ2v) is 10.8. The maximum atomic E-state index is 12.5. The molecular weight excluding hydrogens is 531 g/mol. The van der Waals surface area contributed by atoms with Crippen molar-refractivity contribution in [3.05, 3.63) is 55.4 Å². The lowest BCUT2D eigenvalue weighted by atomic mass is 10.0. The number of benzene rings is 1. The van der Waals surface area contributed by atoms with Crippen LogP contribution in [0.1, 0.15) is 45.9 Å². The van der Waals surface area contributed by atoms with E-state index in [9.17, 15) is 4.79 Å². The van der Waals surface area contributed by atoms with Crippen molar-refractivity contribution in [2.75, 3.05) is 7.05 Å². The fourth-order valence-electron chi connectivity index (χ4n) is 3.41. The summed E-state index contributed by atoms with van der Waals surface area (Å²) >= 11 is 17.8. The largest absolute Gasteiger partial charge is 0.343 e. The van der Waals surface area contributed by atoms with Gasteiger partial charge in [-0.3, -0.25) is 4.79 Å². The number of halogens is 3. The SMILES string of the molecule is CC.CCc1c(C2=NC(=O)C(C)(C)N2C)nn(-c2ccc(Cl)cc2Cl)c1-c1ccc(Br)s1. The average Bonchev–Trinajstić information content (AvgIpc) is 3.40. The van der Waals surface area contributed by atoms with Crippen molar-refractivity contribution in [1.29, 1.82) is 0 Å². The minimum absolute atomic E-state index is 0.179. The van der Waals surface area contributed by atoms with Gasteiger partial charge in [-0.15, -0.1) is 11.3 Å². The summed E-state index contributed by atoms with van der Waals surface area (Å²) in [5, 5.41) is 5.97. The van der Waals surface area contributed by atoms with Gasteiger partial charge in [0.05, 0.1) is 25.1 Å². The second kappa shape index (κ2) is 9.67. The van der Waals surface area contributed by atoms with Crippen molar-refractivity contribution in [3.63, 3.8) is 0 Å². The van der Waals surface area contributed by atoms with Gasteiger partial charge in [-0.05, 0) is 66.5 Å². The van der Waals surface area contributed by atoms with E-state index < -0.39 is 5.54 Å². The average molecular weight is 556 g/mol. The van der Waals surface area contributed by atoms with E-state index in [1.165, 1.54) is 0 Å². The first-order valence-corrected chi connectivity index (χ1v) is 12.7. The highest BCUT2D eigenvalue weighted by Crippen LogP contribution is 2.39. The van der Waals surface area contributed by atoms with E-state index in [2.05, 4.69) is 27.8 Å². The maximum Gasteiger partial charge on any atom is 0.273 e. The molecule has 170 valence electrons. The molecule has 1 aliphatic rings. The number of carbonyl (C=O) groups excluding carboxylic acids is 1. The van der Waals surface area contributed by atoms with Crippen LogP contribution in [0.4, 0.5) is 0 Å². The Bertz CT molecular complexity index is 1200. The summed E-state index contributed by atoms with van der Waals surface area (Å²) < 4.78 is 2.85. The highest BCUT2D eigenvalue weighted by molar-refractivity contribution is 9.11. The first-order chi connectivity index (χ1) is 15.1. The third-order valence-corrected chi connectivity index (χ3v) is 7.55. The molecule has 0 radical (unpaired) electrons. The predicted molar refractivity (Wildman–Crippen MR) is 139 cm³/mol. The fraction of sp³-hybridized carbons (Fsp3) is 0.348. The number of aliphatic imine (C=N–C) groups is 1. The molecule has 0 saturated carbocycles. The first-order valence-electron chi connectivity index (χ1n) is 10.4. The van der Waals surface area contributed by atoms with E-state index in [1.807, 2.05) is 62.5 Å². The van der Waals surface area contributed by atoms with E-state index in [0.717, 1.165) is 19.9 Å². The Morgan fingerprint density at radius 1 is 1.16 bits per heavy atom. The Morgan fingerprint density at radius 2 is 1.84 bits per heavy atom. The van der Waals surface area contributed by atoms with Crippen LogP contribution in [0.2, 0.25) is 10.0 Å². The van der Waals surface area contributed by atoms with E-state index in [1.54, 1.807) is 23.5 Å². The van der Waals surface area contributed by atoms with Crippen LogP contribution >= 0.6 is 50.5 Å². The zero-order valence-electron chi connectivity index (χ0n) is 18.8. The number of thiophene rings is 1. The third-order valence-electron chi connectivity index (χ3n) is 5.38. The van der Waals surface area contributed by atoms with Crippen LogP contribution in [0.25, 0.3) is 16.3 Å². The molecular formula is C23H25BrCl2N4OS. The summed E-state index contributed by atoms with van der Waals surface area (Å²) in [5.74, 6) is 0.393. The van der Waals surface area contributed by atoms with Crippen molar-refractivity contribution >= 4 is 62.2 Å². The standard InChI is InChI=1S/C21H19BrCl2N4OS.C2H6/c1-5-12-17(19-25-20(29)21(2,3)27(19)4)26-28(14-7-6-11(23)10-13(14)24)18(12)15-8-9-16(22)30-15;1-2/h6-10H,5H2,1-4H3;1-2H3. The molecule has 0 aliphatic carbocycles. The summed E-state index contributed by atoms with van der Waals surface area (Å²) in [6.45, 7) is 9.80. The lowest BCUT2D eigenvalue weighted by Crippen LogP contribution is -2.44. The van der Waals surface area contributed by atoms with Crippen molar-refractivity contribution in [2.45, 2.75) is 46.6 Å². The number of rotatable bonds is 4. The Labute approximate surface area is 211 Å². The molecule has 0 fully saturated rings. The van der Waals surface area contributed by atoms with Crippen LogP contribution in [-0.2, 0) is 11.2 Å². The zero-order chi connectivity index (χ0) is 23.8. The Hall–Kier alpha value is -1.67. The van der Waals surface area contributed by atoms with Crippen LogP contribution < -0.4 is 0 Å². The number of hydrogen-bond donors (Lipinski definition) is 0. The van der Waals surface area contributed by atoms with Crippen LogP contribution in [0.5, 0.6) is 0 Å². The van der Waals surface area contributed by atoms with Gasteiger partial charge in [0.2, 0.25) is 0 Å². The highest BCUT2D eigenvalue weighted by Gasteiger charge is 2.42. The summed E-state index contributed by atoms with van der Waals surface area (Å²) in [6.07, 6.45) is 0.715. The van der Waals surface area contributed by atoms with Gasteiger partial charge in [-0.1, -0.05) is 44.0 Å². The molecule has 9 heteroatoms. The molecule has 0 atom stereocenters. The number of likely N-dealkylation sites (N-methyl/N-ethyl adjacent to an activating group) is 1. The number of carbonyl (C=O) groups is 1. The summed E-state index contributed by atoms with van der Waals surface area (Å²) in [5.41, 5.74) is 2.62.